The van der Waals surface area contributed by atoms with Crippen molar-refractivity contribution >= 4 is 19.8 Å². The Hall–Kier alpha value is -1.51. The molecular weight excluding hydrogens is 526 g/mol. The SMILES string of the molecule is CCC(C)(C[C@H]1O[C@@H](c2cc3ncc(C(F)(F)F)[nH]c-3nc2=S)[C@@H](O)C1O)OP(=O)(O)C(C)(O)CC. The van der Waals surface area contributed by atoms with E-state index in [-0.39, 0.29) is 41.0 Å². The van der Waals surface area contributed by atoms with Gasteiger partial charge in [-0.25, -0.2) is 4.98 Å². The first-order chi connectivity index (χ1) is 16.4. The summed E-state index contributed by atoms with van der Waals surface area (Å²) in [5, 5.41) is 29.6. The first-order valence-electron chi connectivity index (χ1n) is 11.2. The summed E-state index contributed by atoms with van der Waals surface area (Å²) in [6, 6.07) is 1.32. The average Bonchev–Trinajstić information content (AvgIpc) is 3.05. The van der Waals surface area contributed by atoms with E-state index in [4.69, 9.17) is 21.5 Å². The molecule has 4 unspecified atom stereocenters. The standard InChI is InChI=1S/C21H29F3N3O7PS/c1-5-19(3,34-35(31,32)20(4,30)6-2)8-12-14(28)15(29)16(33-12)10-7-11-17(27-18(10)36)26-13(9-25-11)21(22,23)24/h7,9,12,14-16,28-30H,5-6,8H2,1-4H3,(H,31,32)(H,26,27,36)/t12-,14?,15+,16+,19?,20?/m1/s1. The minimum absolute atomic E-state index is 0.0325. The number of aliphatic hydroxyl groups excluding tert-OH is 2. The number of aromatic nitrogens is 3. The van der Waals surface area contributed by atoms with E-state index >= 15 is 0 Å². The van der Waals surface area contributed by atoms with Gasteiger partial charge >= 0.3 is 13.8 Å². The van der Waals surface area contributed by atoms with Gasteiger partial charge in [-0.3, -0.25) is 9.55 Å². The number of fused-ring (bicyclic) bond motifs is 1. The fourth-order valence-electron chi connectivity index (χ4n) is 3.78. The molecule has 0 aliphatic carbocycles. The Labute approximate surface area is 210 Å². The molecule has 0 amide bonds. The first-order valence-corrected chi connectivity index (χ1v) is 13.2. The maximum absolute atomic E-state index is 13.0. The lowest BCUT2D eigenvalue weighted by atomic mass is 9.92. The Bertz CT molecular complexity index is 1180. The van der Waals surface area contributed by atoms with Crippen molar-refractivity contribution in [3.63, 3.8) is 0 Å². The first kappa shape index (κ1) is 29.1. The number of pyridine rings is 1. The monoisotopic (exact) mass is 555 g/mol. The summed E-state index contributed by atoms with van der Waals surface area (Å²) in [6.07, 6.45) is -9.24. The molecule has 3 rings (SSSR count). The number of aliphatic hydroxyl groups is 3. The largest absolute Gasteiger partial charge is 0.432 e. The smallest absolute Gasteiger partial charge is 0.388 e. The minimum atomic E-state index is -4.66. The Morgan fingerprint density at radius 1 is 1.22 bits per heavy atom. The maximum Gasteiger partial charge on any atom is 0.432 e. The number of alkyl halides is 3. The number of nitrogens with zero attached hydrogens (tertiary/aromatic N) is 2. The topological polar surface area (TPSA) is 158 Å². The van der Waals surface area contributed by atoms with Crippen molar-refractivity contribution in [2.24, 2.45) is 0 Å². The highest BCUT2D eigenvalue weighted by atomic mass is 32.1. The molecule has 3 aliphatic rings. The van der Waals surface area contributed by atoms with Gasteiger partial charge in [-0.15, -0.1) is 0 Å². The van der Waals surface area contributed by atoms with Crippen molar-refractivity contribution in [1.29, 1.82) is 0 Å². The van der Waals surface area contributed by atoms with Gasteiger partial charge in [-0.2, -0.15) is 13.2 Å². The van der Waals surface area contributed by atoms with Gasteiger partial charge in [0.1, 0.15) is 34.3 Å². The predicted octanol–water partition coefficient (Wildman–Crippen LogP) is 3.70. The van der Waals surface area contributed by atoms with Gasteiger partial charge in [-0.05, 0) is 32.8 Å². The molecule has 1 fully saturated rings. The lowest BCUT2D eigenvalue weighted by Crippen LogP contribution is -2.40. The second-order valence-corrected chi connectivity index (χ2v) is 11.9. The zero-order chi connectivity index (χ0) is 27.3. The van der Waals surface area contributed by atoms with Crippen molar-refractivity contribution in [2.75, 3.05) is 0 Å². The molecule has 5 N–H and O–H groups in total. The molecule has 0 spiro atoms. The third-order valence-electron chi connectivity index (χ3n) is 6.56. The number of rotatable bonds is 8. The summed E-state index contributed by atoms with van der Waals surface area (Å²) < 4.78 is 62.8. The third kappa shape index (κ3) is 5.65. The van der Waals surface area contributed by atoms with E-state index in [9.17, 15) is 37.9 Å². The zero-order valence-electron chi connectivity index (χ0n) is 20.0. The Balaban J connectivity index is 1.88. The van der Waals surface area contributed by atoms with Crippen molar-refractivity contribution in [2.45, 2.75) is 88.5 Å². The van der Waals surface area contributed by atoms with Crippen LogP contribution >= 0.6 is 19.8 Å². The van der Waals surface area contributed by atoms with Crippen molar-refractivity contribution in [1.82, 2.24) is 15.0 Å². The fourth-order valence-corrected chi connectivity index (χ4v) is 5.44. The molecule has 7 atom stereocenters. The summed E-state index contributed by atoms with van der Waals surface area (Å²) in [6.45, 7) is 5.92. The summed E-state index contributed by atoms with van der Waals surface area (Å²) in [7, 11) is -4.51. The van der Waals surface area contributed by atoms with Crippen LogP contribution in [0, 0.1) is 4.64 Å². The molecule has 0 aromatic rings. The number of aromatic amines is 1. The van der Waals surface area contributed by atoms with E-state index in [2.05, 4.69) is 15.0 Å². The number of H-pyrrole nitrogens is 1. The van der Waals surface area contributed by atoms with Gasteiger partial charge in [0.05, 0.1) is 17.9 Å². The molecule has 0 radical (unpaired) electrons. The van der Waals surface area contributed by atoms with E-state index in [1.54, 1.807) is 6.92 Å². The highest BCUT2D eigenvalue weighted by Crippen LogP contribution is 2.59. The van der Waals surface area contributed by atoms with Gasteiger partial charge in [0.15, 0.2) is 11.2 Å². The highest BCUT2D eigenvalue weighted by molar-refractivity contribution is 7.71. The highest BCUT2D eigenvalue weighted by Gasteiger charge is 2.50. The van der Waals surface area contributed by atoms with Crippen LogP contribution in [0.2, 0.25) is 0 Å². The van der Waals surface area contributed by atoms with Crippen molar-refractivity contribution in [3.05, 3.63) is 28.2 Å². The number of ether oxygens (including phenoxy) is 1. The molecular formula is C21H29F3N3O7PS. The number of halogens is 3. The maximum atomic E-state index is 13.0. The molecule has 1 saturated heterocycles. The Kier molecular flexibility index (Phi) is 8.06. The van der Waals surface area contributed by atoms with Crippen LogP contribution in [-0.4, -0.2) is 64.4 Å². The second kappa shape index (κ2) is 9.99. The van der Waals surface area contributed by atoms with Gasteiger partial charge in [0.25, 0.3) is 0 Å². The minimum Gasteiger partial charge on any atom is -0.388 e. The molecule has 10 nitrogen and oxygen atoms in total. The van der Waals surface area contributed by atoms with Crippen LogP contribution in [0.4, 0.5) is 13.2 Å². The van der Waals surface area contributed by atoms with Gasteiger partial charge in [-0.1, -0.05) is 26.1 Å². The number of hydrogen-bond acceptors (Lipinski definition) is 9. The second-order valence-electron chi connectivity index (χ2n) is 9.31. The molecule has 3 heterocycles. The Morgan fingerprint density at radius 2 is 1.86 bits per heavy atom. The third-order valence-corrected chi connectivity index (χ3v) is 9.11. The lowest BCUT2D eigenvalue weighted by molar-refractivity contribution is -0.141. The van der Waals surface area contributed by atoms with Crippen LogP contribution in [0.3, 0.4) is 0 Å². The average molecular weight is 556 g/mol. The summed E-state index contributed by atoms with van der Waals surface area (Å²) >= 11 is 5.21. The van der Waals surface area contributed by atoms with E-state index in [0.717, 1.165) is 0 Å². The van der Waals surface area contributed by atoms with Crippen LogP contribution in [-0.2, 0) is 20.0 Å². The summed E-state index contributed by atoms with van der Waals surface area (Å²) in [5.41, 5.74) is -2.27. The zero-order valence-corrected chi connectivity index (χ0v) is 21.7. The van der Waals surface area contributed by atoms with Crippen LogP contribution in [0.5, 0.6) is 0 Å². The summed E-state index contributed by atoms with van der Waals surface area (Å²) in [5.74, 6) is -0.211. The lowest BCUT2D eigenvalue weighted by Gasteiger charge is -2.37. The predicted molar refractivity (Wildman–Crippen MR) is 124 cm³/mol. The molecule has 202 valence electrons. The van der Waals surface area contributed by atoms with Crippen LogP contribution in [0.15, 0.2) is 12.3 Å². The van der Waals surface area contributed by atoms with Gasteiger partial charge < -0.3 is 34.5 Å². The number of hydrogen-bond donors (Lipinski definition) is 5. The van der Waals surface area contributed by atoms with Gasteiger partial charge in [0, 0.05) is 12.0 Å². The van der Waals surface area contributed by atoms with Crippen molar-refractivity contribution in [3.8, 4) is 11.5 Å². The van der Waals surface area contributed by atoms with Crippen LogP contribution in [0.25, 0.3) is 11.5 Å². The van der Waals surface area contributed by atoms with Gasteiger partial charge in [0.2, 0.25) is 0 Å². The molecule has 0 aromatic carbocycles. The quantitative estimate of drug-likeness (QED) is 0.240. The Morgan fingerprint density at radius 3 is 2.42 bits per heavy atom. The fraction of sp³-hybridized carbons (Fsp3) is 0.667. The van der Waals surface area contributed by atoms with Crippen LogP contribution < -0.4 is 0 Å². The normalized spacial score (nSPS) is 28.0. The molecule has 36 heavy (non-hydrogen) atoms. The van der Waals surface area contributed by atoms with E-state index in [0.29, 0.717) is 6.20 Å². The van der Waals surface area contributed by atoms with E-state index in [1.807, 2.05) is 0 Å². The molecule has 3 aliphatic heterocycles. The van der Waals surface area contributed by atoms with Crippen LogP contribution in [0.1, 0.15) is 64.3 Å². The molecule has 0 saturated carbocycles. The van der Waals surface area contributed by atoms with E-state index < -0.39 is 54.8 Å². The molecule has 0 bridgehead atoms. The van der Waals surface area contributed by atoms with E-state index in [1.165, 1.54) is 26.8 Å². The molecule has 0 aromatic heterocycles. The summed E-state index contributed by atoms with van der Waals surface area (Å²) in [4.78, 5) is 20.2. The van der Waals surface area contributed by atoms with Crippen molar-refractivity contribution < 1.29 is 47.2 Å². The molecule has 15 heteroatoms. The number of nitrogens with one attached hydrogen (secondary N) is 1.